The van der Waals surface area contributed by atoms with Crippen molar-refractivity contribution in [3.8, 4) is 11.4 Å². The third-order valence-corrected chi connectivity index (χ3v) is 2.85. The molecule has 0 saturated carbocycles. The van der Waals surface area contributed by atoms with Gasteiger partial charge >= 0.3 is 0 Å². The lowest BCUT2D eigenvalue weighted by atomic mass is 10.1. The topological polar surface area (TPSA) is 81.0 Å². The molecule has 6 heteroatoms. The molecule has 0 fully saturated rings. The van der Waals surface area contributed by atoms with Crippen molar-refractivity contribution in [2.45, 2.75) is 32.9 Å². The molecule has 6 nitrogen and oxygen atoms in total. The SMILES string of the molecule is CC(C)(C)NCc1ccnc(-c2ccc([N+](=O)[O-])cc2)n1. The number of benzene rings is 1. The Morgan fingerprint density at radius 1 is 1.19 bits per heavy atom. The van der Waals surface area contributed by atoms with Gasteiger partial charge in [0.15, 0.2) is 5.82 Å². The van der Waals surface area contributed by atoms with Gasteiger partial charge < -0.3 is 5.32 Å². The van der Waals surface area contributed by atoms with Gasteiger partial charge in [0.05, 0.1) is 10.6 Å². The smallest absolute Gasteiger partial charge is 0.269 e. The maximum atomic E-state index is 10.6. The normalized spacial score (nSPS) is 11.4. The van der Waals surface area contributed by atoms with E-state index >= 15 is 0 Å². The Labute approximate surface area is 123 Å². The first-order chi connectivity index (χ1) is 9.85. The molecular weight excluding hydrogens is 268 g/mol. The van der Waals surface area contributed by atoms with Crippen molar-refractivity contribution in [3.63, 3.8) is 0 Å². The summed E-state index contributed by atoms with van der Waals surface area (Å²) in [4.78, 5) is 18.9. The third kappa shape index (κ3) is 4.32. The minimum absolute atomic E-state index is 0.0124. The van der Waals surface area contributed by atoms with Crippen LogP contribution in [0.5, 0.6) is 0 Å². The average molecular weight is 286 g/mol. The van der Waals surface area contributed by atoms with Gasteiger partial charge in [0, 0.05) is 36.0 Å². The number of hydrogen-bond donors (Lipinski definition) is 1. The molecule has 0 amide bonds. The number of nitrogens with zero attached hydrogens (tertiary/aromatic N) is 3. The summed E-state index contributed by atoms with van der Waals surface area (Å²) in [5.74, 6) is 0.568. The minimum Gasteiger partial charge on any atom is -0.306 e. The Morgan fingerprint density at radius 2 is 1.86 bits per heavy atom. The van der Waals surface area contributed by atoms with E-state index in [-0.39, 0.29) is 11.2 Å². The molecule has 1 heterocycles. The fourth-order valence-corrected chi connectivity index (χ4v) is 1.72. The number of nitro groups is 1. The molecule has 1 N–H and O–H groups in total. The highest BCUT2D eigenvalue weighted by molar-refractivity contribution is 5.57. The van der Waals surface area contributed by atoms with Crippen molar-refractivity contribution in [2.24, 2.45) is 0 Å². The molecule has 0 spiro atoms. The van der Waals surface area contributed by atoms with Gasteiger partial charge in [-0.25, -0.2) is 9.97 Å². The van der Waals surface area contributed by atoms with Gasteiger partial charge in [0.1, 0.15) is 0 Å². The lowest BCUT2D eigenvalue weighted by Crippen LogP contribution is -2.35. The highest BCUT2D eigenvalue weighted by Crippen LogP contribution is 2.19. The highest BCUT2D eigenvalue weighted by Gasteiger charge is 2.10. The van der Waals surface area contributed by atoms with E-state index in [0.29, 0.717) is 12.4 Å². The predicted octanol–water partition coefficient (Wildman–Crippen LogP) is 2.94. The summed E-state index contributed by atoms with van der Waals surface area (Å²) in [6.07, 6.45) is 1.70. The van der Waals surface area contributed by atoms with Crippen molar-refractivity contribution < 1.29 is 4.92 Å². The first-order valence-corrected chi connectivity index (χ1v) is 6.67. The van der Waals surface area contributed by atoms with Gasteiger partial charge in [-0.05, 0) is 39.0 Å². The van der Waals surface area contributed by atoms with Crippen molar-refractivity contribution in [2.75, 3.05) is 0 Å². The van der Waals surface area contributed by atoms with Gasteiger partial charge in [0.25, 0.3) is 5.69 Å². The van der Waals surface area contributed by atoms with Gasteiger partial charge in [-0.3, -0.25) is 10.1 Å². The zero-order valence-electron chi connectivity index (χ0n) is 12.3. The summed E-state index contributed by atoms with van der Waals surface area (Å²) in [6, 6.07) is 8.09. The van der Waals surface area contributed by atoms with Crippen molar-refractivity contribution in [1.29, 1.82) is 0 Å². The van der Waals surface area contributed by atoms with E-state index in [1.54, 1.807) is 18.3 Å². The first-order valence-electron chi connectivity index (χ1n) is 6.67. The molecule has 2 rings (SSSR count). The fraction of sp³-hybridized carbons (Fsp3) is 0.333. The number of aromatic nitrogens is 2. The summed E-state index contributed by atoms with van der Waals surface area (Å²) in [6.45, 7) is 6.91. The zero-order valence-corrected chi connectivity index (χ0v) is 12.3. The second-order valence-electron chi connectivity index (χ2n) is 5.78. The standard InChI is InChI=1S/C15H18N4O2/c1-15(2,3)17-10-12-8-9-16-14(18-12)11-4-6-13(7-5-11)19(20)21/h4-9,17H,10H2,1-3H3. The molecule has 110 valence electrons. The largest absolute Gasteiger partial charge is 0.306 e. The molecule has 1 aromatic carbocycles. The van der Waals surface area contributed by atoms with E-state index in [4.69, 9.17) is 0 Å². The summed E-state index contributed by atoms with van der Waals surface area (Å²) in [5, 5.41) is 14.0. The third-order valence-electron chi connectivity index (χ3n) is 2.85. The van der Waals surface area contributed by atoms with E-state index < -0.39 is 4.92 Å². The zero-order chi connectivity index (χ0) is 15.5. The second-order valence-corrected chi connectivity index (χ2v) is 5.78. The van der Waals surface area contributed by atoms with E-state index in [0.717, 1.165) is 11.3 Å². The quantitative estimate of drug-likeness (QED) is 0.690. The number of non-ortho nitro benzene ring substituents is 1. The molecule has 0 unspecified atom stereocenters. The number of hydrogen-bond acceptors (Lipinski definition) is 5. The van der Waals surface area contributed by atoms with Crippen LogP contribution in [0.4, 0.5) is 5.69 Å². The summed E-state index contributed by atoms with van der Waals surface area (Å²) in [5.41, 5.74) is 1.72. The number of nitrogens with one attached hydrogen (secondary N) is 1. The Bertz CT molecular complexity index is 633. The maximum absolute atomic E-state index is 10.6. The molecule has 0 aliphatic carbocycles. The van der Waals surface area contributed by atoms with E-state index in [9.17, 15) is 10.1 Å². The molecule has 0 radical (unpaired) electrons. The van der Waals surface area contributed by atoms with Crippen LogP contribution in [0.1, 0.15) is 26.5 Å². The maximum Gasteiger partial charge on any atom is 0.269 e. The summed E-state index contributed by atoms with van der Waals surface area (Å²) in [7, 11) is 0. The van der Waals surface area contributed by atoms with E-state index in [1.807, 2.05) is 6.07 Å². The van der Waals surface area contributed by atoms with Crippen molar-refractivity contribution in [1.82, 2.24) is 15.3 Å². The fourth-order valence-electron chi connectivity index (χ4n) is 1.72. The van der Waals surface area contributed by atoms with Crippen molar-refractivity contribution >= 4 is 5.69 Å². The Kier molecular flexibility index (Phi) is 4.28. The van der Waals surface area contributed by atoms with Gasteiger partial charge in [0.2, 0.25) is 0 Å². The van der Waals surface area contributed by atoms with Crippen LogP contribution < -0.4 is 5.32 Å². The lowest BCUT2D eigenvalue weighted by molar-refractivity contribution is -0.384. The Balaban J connectivity index is 2.18. The van der Waals surface area contributed by atoms with E-state index in [2.05, 4.69) is 36.1 Å². The average Bonchev–Trinajstić information content (AvgIpc) is 2.45. The number of rotatable bonds is 4. The van der Waals surface area contributed by atoms with Gasteiger partial charge in [-0.1, -0.05) is 0 Å². The molecule has 0 aliphatic rings. The molecule has 21 heavy (non-hydrogen) atoms. The van der Waals surface area contributed by atoms with Crippen LogP contribution in [-0.4, -0.2) is 20.4 Å². The second kappa shape index (κ2) is 5.97. The summed E-state index contributed by atoms with van der Waals surface area (Å²) >= 11 is 0. The van der Waals surface area contributed by atoms with Crippen LogP contribution in [0.15, 0.2) is 36.5 Å². The summed E-state index contributed by atoms with van der Waals surface area (Å²) < 4.78 is 0. The highest BCUT2D eigenvalue weighted by atomic mass is 16.6. The Hall–Kier alpha value is -2.34. The predicted molar refractivity (Wildman–Crippen MR) is 80.7 cm³/mol. The van der Waals surface area contributed by atoms with Crippen LogP contribution in [0.3, 0.4) is 0 Å². The van der Waals surface area contributed by atoms with Crippen LogP contribution in [-0.2, 0) is 6.54 Å². The lowest BCUT2D eigenvalue weighted by Gasteiger charge is -2.20. The monoisotopic (exact) mass is 286 g/mol. The minimum atomic E-state index is -0.422. The van der Waals surface area contributed by atoms with Crippen LogP contribution >= 0.6 is 0 Å². The molecule has 0 aliphatic heterocycles. The van der Waals surface area contributed by atoms with Gasteiger partial charge in [-0.2, -0.15) is 0 Å². The van der Waals surface area contributed by atoms with Crippen LogP contribution in [0.25, 0.3) is 11.4 Å². The molecule has 0 atom stereocenters. The molecule has 1 aromatic heterocycles. The van der Waals surface area contributed by atoms with E-state index in [1.165, 1.54) is 12.1 Å². The van der Waals surface area contributed by atoms with Gasteiger partial charge in [-0.15, -0.1) is 0 Å². The molecule has 0 saturated heterocycles. The molecule has 0 bridgehead atoms. The van der Waals surface area contributed by atoms with Crippen LogP contribution in [0, 0.1) is 10.1 Å². The molecule has 2 aromatic rings. The molecular formula is C15H18N4O2. The number of nitro benzene ring substituents is 1. The van der Waals surface area contributed by atoms with Crippen molar-refractivity contribution in [3.05, 3.63) is 52.3 Å². The Morgan fingerprint density at radius 3 is 2.43 bits per heavy atom. The van der Waals surface area contributed by atoms with Crippen LogP contribution in [0.2, 0.25) is 0 Å². The first kappa shape index (κ1) is 15.1.